The first-order chi connectivity index (χ1) is 9.28. The first-order valence-corrected chi connectivity index (χ1v) is 8.06. The van der Waals surface area contributed by atoms with Gasteiger partial charge in [-0.1, -0.05) is 25.4 Å². The highest BCUT2D eigenvalue weighted by Crippen LogP contribution is 2.21. The monoisotopic (exact) mass is 316 g/mol. The SMILES string of the molecule is CCC(O)(CC)CNS(=O)(=O)c1ccc(Cl)cc1C#N. The van der Waals surface area contributed by atoms with Gasteiger partial charge in [0.05, 0.1) is 16.1 Å². The number of aliphatic hydroxyl groups is 1. The van der Waals surface area contributed by atoms with E-state index in [1.54, 1.807) is 19.9 Å². The van der Waals surface area contributed by atoms with E-state index in [1.807, 2.05) is 0 Å². The number of nitriles is 1. The summed E-state index contributed by atoms with van der Waals surface area (Å²) in [6.45, 7) is 3.46. The van der Waals surface area contributed by atoms with Gasteiger partial charge in [-0.2, -0.15) is 5.26 Å². The van der Waals surface area contributed by atoms with Crippen LogP contribution in [0.25, 0.3) is 0 Å². The molecule has 0 aliphatic heterocycles. The van der Waals surface area contributed by atoms with E-state index < -0.39 is 15.6 Å². The molecule has 0 atom stereocenters. The third-order valence-electron chi connectivity index (χ3n) is 3.26. The summed E-state index contributed by atoms with van der Waals surface area (Å²) in [7, 11) is -3.86. The molecule has 5 nitrogen and oxygen atoms in total. The van der Waals surface area contributed by atoms with Crippen molar-refractivity contribution in [3.63, 3.8) is 0 Å². The third-order valence-corrected chi connectivity index (χ3v) is 4.95. The topological polar surface area (TPSA) is 90.2 Å². The Morgan fingerprint density at radius 2 is 2.00 bits per heavy atom. The van der Waals surface area contributed by atoms with Crippen LogP contribution in [0.2, 0.25) is 5.02 Å². The number of benzene rings is 1. The first kappa shape index (κ1) is 16.9. The number of hydrogen-bond donors (Lipinski definition) is 2. The lowest BCUT2D eigenvalue weighted by molar-refractivity contribution is 0.0377. The second kappa shape index (κ2) is 6.55. The van der Waals surface area contributed by atoms with Gasteiger partial charge < -0.3 is 5.11 Å². The van der Waals surface area contributed by atoms with Crippen LogP contribution in [0.1, 0.15) is 32.3 Å². The van der Waals surface area contributed by atoms with Crippen LogP contribution in [-0.2, 0) is 10.0 Å². The Bertz CT molecular complexity index is 619. The minimum absolute atomic E-state index is 0.0264. The van der Waals surface area contributed by atoms with E-state index in [4.69, 9.17) is 16.9 Å². The fourth-order valence-corrected chi connectivity index (χ4v) is 3.06. The van der Waals surface area contributed by atoms with Crippen LogP contribution in [0, 0.1) is 11.3 Å². The number of nitrogens with zero attached hydrogens (tertiary/aromatic N) is 1. The van der Waals surface area contributed by atoms with Crippen LogP contribution in [0.3, 0.4) is 0 Å². The normalized spacial score (nSPS) is 12.2. The minimum atomic E-state index is -3.86. The zero-order valence-corrected chi connectivity index (χ0v) is 12.9. The molecule has 2 N–H and O–H groups in total. The molecule has 0 heterocycles. The Balaban J connectivity index is 3.04. The summed E-state index contributed by atoms with van der Waals surface area (Å²) in [5, 5.41) is 19.4. The predicted molar refractivity (Wildman–Crippen MR) is 76.9 cm³/mol. The van der Waals surface area contributed by atoms with Gasteiger partial charge in [-0.05, 0) is 31.0 Å². The number of halogens is 1. The highest BCUT2D eigenvalue weighted by molar-refractivity contribution is 7.89. The molecule has 0 spiro atoms. The van der Waals surface area contributed by atoms with Gasteiger partial charge in [0.15, 0.2) is 0 Å². The lowest BCUT2D eigenvalue weighted by atomic mass is 9.98. The predicted octanol–water partition coefficient (Wildman–Crippen LogP) is 2.04. The van der Waals surface area contributed by atoms with Gasteiger partial charge in [-0.3, -0.25) is 0 Å². The summed E-state index contributed by atoms with van der Waals surface area (Å²) < 4.78 is 26.7. The maximum Gasteiger partial charge on any atom is 0.241 e. The van der Waals surface area contributed by atoms with Gasteiger partial charge in [0.1, 0.15) is 6.07 Å². The molecule has 1 aromatic carbocycles. The molecule has 1 rings (SSSR count). The van der Waals surface area contributed by atoms with Gasteiger partial charge in [0.2, 0.25) is 10.0 Å². The van der Waals surface area contributed by atoms with E-state index >= 15 is 0 Å². The molecule has 20 heavy (non-hydrogen) atoms. The largest absolute Gasteiger partial charge is 0.389 e. The third kappa shape index (κ3) is 3.93. The number of hydrogen-bond acceptors (Lipinski definition) is 4. The number of nitrogens with one attached hydrogen (secondary N) is 1. The molecule has 0 aliphatic rings. The Morgan fingerprint density at radius 1 is 1.40 bits per heavy atom. The highest BCUT2D eigenvalue weighted by Gasteiger charge is 2.26. The zero-order valence-electron chi connectivity index (χ0n) is 11.4. The fraction of sp³-hybridized carbons (Fsp3) is 0.462. The van der Waals surface area contributed by atoms with Crippen LogP contribution >= 0.6 is 11.6 Å². The smallest absolute Gasteiger partial charge is 0.241 e. The Morgan fingerprint density at radius 3 is 2.50 bits per heavy atom. The molecule has 1 aromatic rings. The van der Waals surface area contributed by atoms with Crippen LogP contribution in [0.5, 0.6) is 0 Å². The average Bonchev–Trinajstić information content (AvgIpc) is 2.44. The maximum absolute atomic E-state index is 12.2. The summed E-state index contributed by atoms with van der Waals surface area (Å²) in [6.07, 6.45) is 0.857. The number of rotatable bonds is 6. The molecule has 7 heteroatoms. The molecule has 0 unspecified atom stereocenters. The molecular formula is C13H17ClN2O3S. The van der Waals surface area contributed by atoms with Crippen molar-refractivity contribution in [3.05, 3.63) is 28.8 Å². The van der Waals surface area contributed by atoms with Crippen molar-refractivity contribution in [2.24, 2.45) is 0 Å². The first-order valence-electron chi connectivity index (χ1n) is 6.19. The van der Waals surface area contributed by atoms with Crippen molar-refractivity contribution < 1.29 is 13.5 Å². The van der Waals surface area contributed by atoms with Crippen LogP contribution in [0.15, 0.2) is 23.1 Å². The molecule has 0 aliphatic carbocycles. The van der Waals surface area contributed by atoms with E-state index in [2.05, 4.69) is 4.72 Å². The molecule has 0 amide bonds. The van der Waals surface area contributed by atoms with Crippen LogP contribution in [0.4, 0.5) is 0 Å². The molecule has 0 saturated heterocycles. The van der Waals surface area contributed by atoms with Crippen molar-refractivity contribution in [2.75, 3.05) is 6.54 Å². The zero-order chi connectivity index (χ0) is 15.4. The maximum atomic E-state index is 12.2. The van der Waals surface area contributed by atoms with Crippen LogP contribution in [-0.4, -0.2) is 25.7 Å². The standard InChI is InChI=1S/C13H17ClN2O3S/c1-3-13(17,4-2)9-16-20(18,19)12-6-5-11(14)7-10(12)8-15/h5-7,16-17H,3-4,9H2,1-2H3. The Kier molecular flexibility index (Phi) is 5.54. The van der Waals surface area contributed by atoms with Crippen molar-refractivity contribution in [1.82, 2.24) is 4.72 Å². The lowest BCUT2D eigenvalue weighted by Crippen LogP contribution is -2.42. The molecule has 110 valence electrons. The van der Waals surface area contributed by atoms with Crippen molar-refractivity contribution >= 4 is 21.6 Å². The molecule has 0 saturated carbocycles. The van der Waals surface area contributed by atoms with E-state index in [0.29, 0.717) is 17.9 Å². The molecule has 0 bridgehead atoms. The molecule has 0 aromatic heterocycles. The van der Waals surface area contributed by atoms with E-state index in [9.17, 15) is 13.5 Å². The van der Waals surface area contributed by atoms with E-state index in [0.717, 1.165) is 0 Å². The summed E-state index contributed by atoms with van der Waals surface area (Å²) in [6, 6.07) is 5.78. The summed E-state index contributed by atoms with van der Waals surface area (Å²) >= 11 is 5.73. The van der Waals surface area contributed by atoms with Gasteiger partial charge in [-0.25, -0.2) is 13.1 Å². The van der Waals surface area contributed by atoms with Gasteiger partial charge in [-0.15, -0.1) is 0 Å². The second-order valence-electron chi connectivity index (χ2n) is 4.51. The quantitative estimate of drug-likeness (QED) is 0.840. The fourth-order valence-electron chi connectivity index (χ4n) is 1.63. The van der Waals surface area contributed by atoms with Gasteiger partial charge in [0.25, 0.3) is 0 Å². The minimum Gasteiger partial charge on any atom is -0.389 e. The van der Waals surface area contributed by atoms with Gasteiger partial charge in [0, 0.05) is 11.6 Å². The van der Waals surface area contributed by atoms with Crippen molar-refractivity contribution in [1.29, 1.82) is 5.26 Å². The summed E-state index contributed by atoms with van der Waals surface area (Å²) in [5.74, 6) is 0. The van der Waals surface area contributed by atoms with E-state index in [1.165, 1.54) is 18.2 Å². The van der Waals surface area contributed by atoms with Crippen molar-refractivity contribution in [3.8, 4) is 6.07 Å². The average molecular weight is 317 g/mol. The summed E-state index contributed by atoms with van der Waals surface area (Å²) in [4.78, 5) is -0.140. The second-order valence-corrected chi connectivity index (χ2v) is 6.68. The Hall–Kier alpha value is -1.13. The van der Waals surface area contributed by atoms with Crippen LogP contribution < -0.4 is 4.72 Å². The molecule has 0 fully saturated rings. The van der Waals surface area contributed by atoms with E-state index in [-0.39, 0.29) is 17.0 Å². The summed E-state index contributed by atoms with van der Waals surface area (Å²) in [5.41, 5.74) is -1.12. The van der Waals surface area contributed by atoms with Gasteiger partial charge >= 0.3 is 0 Å². The molecular weight excluding hydrogens is 300 g/mol. The number of sulfonamides is 1. The molecule has 0 radical (unpaired) electrons. The highest BCUT2D eigenvalue weighted by atomic mass is 35.5. The lowest BCUT2D eigenvalue weighted by Gasteiger charge is -2.25. The van der Waals surface area contributed by atoms with Crippen molar-refractivity contribution in [2.45, 2.75) is 37.2 Å². The Labute approximate surface area is 124 Å².